The average molecular weight is 325 g/mol. The van der Waals surface area contributed by atoms with Gasteiger partial charge in [-0.3, -0.25) is 19.7 Å². The molecule has 3 aromatic rings. The van der Waals surface area contributed by atoms with Gasteiger partial charge < -0.3 is 9.52 Å². The predicted molar refractivity (Wildman–Crippen MR) is 85.9 cm³/mol. The van der Waals surface area contributed by atoms with Gasteiger partial charge in [-0.05, 0) is 6.07 Å². The van der Waals surface area contributed by atoms with Gasteiger partial charge in [-0.1, -0.05) is 24.3 Å². The number of fused-ring (bicyclic) bond motifs is 1. The van der Waals surface area contributed by atoms with Crippen LogP contribution in [0.5, 0.6) is 0 Å². The molecule has 1 aromatic heterocycles. The highest BCUT2D eigenvalue weighted by Crippen LogP contribution is 2.27. The molecule has 120 valence electrons. The molecule has 3 rings (SSSR count). The number of benzene rings is 2. The van der Waals surface area contributed by atoms with E-state index in [1.165, 1.54) is 24.3 Å². The first-order chi connectivity index (χ1) is 11.5. The Morgan fingerprint density at radius 1 is 1.17 bits per heavy atom. The zero-order valence-electron chi connectivity index (χ0n) is 12.3. The molecule has 24 heavy (non-hydrogen) atoms. The number of hydrogen-bond donors (Lipinski definition) is 1. The zero-order chi connectivity index (χ0) is 17.3. The number of nitro benzene ring substituents is 1. The maximum absolute atomic E-state index is 12.3. The summed E-state index contributed by atoms with van der Waals surface area (Å²) in [5, 5.41) is 20.1. The van der Waals surface area contributed by atoms with Gasteiger partial charge in [-0.25, -0.2) is 0 Å². The molecular formula is C17H11NO6. The lowest BCUT2D eigenvalue weighted by Crippen LogP contribution is -2.05. The Morgan fingerprint density at radius 2 is 1.92 bits per heavy atom. The van der Waals surface area contributed by atoms with Crippen molar-refractivity contribution in [3.05, 3.63) is 74.4 Å². The Bertz CT molecular complexity index is 1020. The Kier molecular flexibility index (Phi) is 3.83. The third kappa shape index (κ3) is 2.87. The van der Waals surface area contributed by atoms with Crippen LogP contribution in [0.25, 0.3) is 22.3 Å². The number of nitro groups is 1. The molecule has 0 aliphatic rings. The molecule has 0 amide bonds. The van der Waals surface area contributed by atoms with Gasteiger partial charge in [-0.15, -0.1) is 0 Å². The Labute approximate surface area is 134 Å². The minimum absolute atomic E-state index is 0.130. The van der Waals surface area contributed by atoms with Gasteiger partial charge >= 0.3 is 5.97 Å². The summed E-state index contributed by atoms with van der Waals surface area (Å²) in [6, 6.07) is 11.6. The molecule has 0 unspecified atom stereocenters. The van der Waals surface area contributed by atoms with E-state index in [1.54, 1.807) is 24.3 Å². The predicted octanol–water partition coefficient (Wildman–Crippen LogP) is 3.00. The summed E-state index contributed by atoms with van der Waals surface area (Å²) in [6.45, 7) is 0. The second kappa shape index (κ2) is 5.96. The molecule has 1 N–H and O–H groups in total. The zero-order valence-corrected chi connectivity index (χ0v) is 12.3. The molecule has 0 radical (unpaired) electrons. The van der Waals surface area contributed by atoms with Crippen LogP contribution in [0.4, 0.5) is 5.69 Å². The van der Waals surface area contributed by atoms with Gasteiger partial charge in [0, 0.05) is 29.3 Å². The second-order valence-electron chi connectivity index (χ2n) is 5.15. The summed E-state index contributed by atoms with van der Waals surface area (Å²) in [5.41, 5.74) is 0.436. The van der Waals surface area contributed by atoms with E-state index < -0.39 is 10.9 Å². The van der Waals surface area contributed by atoms with E-state index in [2.05, 4.69) is 0 Å². The van der Waals surface area contributed by atoms with E-state index in [0.29, 0.717) is 11.1 Å². The summed E-state index contributed by atoms with van der Waals surface area (Å²) in [4.78, 5) is 33.6. The highest BCUT2D eigenvalue weighted by molar-refractivity contribution is 5.85. The third-order valence-electron chi connectivity index (χ3n) is 3.52. The van der Waals surface area contributed by atoms with Crippen molar-refractivity contribution in [3.8, 4) is 11.3 Å². The van der Waals surface area contributed by atoms with Gasteiger partial charge in [0.15, 0.2) is 5.43 Å². The maximum Gasteiger partial charge on any atom is 0.307 e. The first kappa shape index (κ1) is 15.4. The van der Waals surface area contributed by atoms with Gasteiger partial charge in [-0.2, -0.15) is 0 Å². The molecule has 2 aromatic carbocycles. The number of carboxylic acids is 1. The minimum Gasteiger partial charge on any atom is -0.481 e. The Hall–Kier alpha value is -3.48. The maximum atomic E-state index is 12.3. The Balaban J connectivity index is 2.23. The topological polar surface area (TPSA) is 111 Å². The molecule has 1 heterocycles. The summed E-state index contributed by atoms with van der Waals surface area (Å²) in [7, 11) is 0. The number of carboxylic acid groups (broad SMARTS) is 1. The number of para-hydroxylation sites is 1. The number of carbonyl (C=O) groups is 1. The van der Waals surface area contributed by atoms with E-state index >= 15 is 0 Å². The minimum atomic E-state index is -1.05. The fourth-order valence-electron chi connectivity index (χ4n) is 2.45. The van der Waals surface area contributed by atoms with E-state index in [-0.39, 0.29) is 34.3 Å². The molecule has 0 spiro atoms. The first-order valence-electron chi connectivity index (χ1n) is 6.98. The number of aliphatic carboxylic acids is 1. The molecule has 0 fully saturated rings. The van der Waals surface area contributed by atoms with Crippen molar-refractivity contribution in [2.45, 2.75) is 6.42 Å². The third-order valence-corrected chi connectivity index (χ3v) is 3.52. The fraction of sp³-hybridized carbons (Fsp3) is 0.0588. The van der Waals surface area contributed by atoms with E-state index in [9.17, 15) is 19.7 Å². The van der Waals surface area contributed by atoms with Gasteiger partial charge in [0.2, 0.25) is 0 Å². The molecule has 0 aliphatic carbocycles. The summed E-state index contributed by atoms with van der Waals surface area (Å²) < 4.78 is 5.71. The SMILES string of the molecule is O=C(O)Cc1cccc2c(=O)cc(-c3cccc([N+](=O)[O-])c3)oc12. The van der Waals surface area contributed by atoms with Crippen LogP contribution < -0.4 is 5.43 Å². The van der Waals surface area contributed by atoms with Crippen LogP contribution in [0.1, 0.15) is 5.56 Å². The van der Waals surface area contributed by atoms with Gasteiger partial charge in [0.25, 0.3) is 5.69 Å². The normalized spacial score (nSPS) is 10.7. The highest BCUT2D eigenvalue weighted by atomic mass is 16.6. The van der Waals surface area contributed by atoms with Gasteiger partial charge in [0.05, 0.1) is 16.7 Å². The number of non-ortho nitro benzene ring substituents is 1. The number of nitrogens with zero attached hydrogens (tertiary/aromatic N) is 1. The van der Waals surface area contributed by atoms with Crippen molar-refractivity contribution in [2.75, 3.05) is 0 Å². The highest BCUT2D eigenvalue weighted by Gasteiger charge is 2.14. The van der Waals surface area contributed by atoms with Crippen molar-refractivity contribution < 1.29 is 19.2 Å². The van der Waals surface area contributed by atoms with Crippen LogP contribution >= 0.6 is 0 Å². The first-order valence-corrected chi connectivity index (χ1v) is 6.98. The monoisotopic (exact) mass is 325 g/mol. The second-order valence-corrected chi connectivity index (χ2v) is 5.15. The molecular weight excluding hydrogens is 314 g/mol. The van der Waals surface area contributed by atoms with E-state index in [0.717, 1.165) is 0 Å². The largest absolute Gasteiger partial charge is 0.481 e. The van der Waals surface area contributed by atoms with Crippen molar-refractivity contribution in [1.29, 1.82) is 0 Å². The van der Waals surface area contributed by atoms with Crippen LogP contribution in [0.2, 0.25) is 0 Å². The molecule has 0 aliphatic heterocycles. The van der Waals surface area contributed by atoms with E-state index in [4.69, 9.17) is 9.52 Å². The summed E-state index contributed by atoms with van der Waals surface area (Å²) >= 11 is 0. The molecule has 0 bridgehead atoms. The lowest BCUT2D eigenvalue weighted by Gasteiger charge is -2.06. The van der Waals surface area contributed by atoms with E-state index in [1.807, 2.05) is 0 Å². The average Bonchev–Trinajstić information content (AvgIpc) is 2.55. The van der Waals surface area contributed by atoms with Crippen molar-refractivity contribution in [1.82, 2.24) is 0 Å². The van der Waals surface area contributed by atoms with Crippen LogP contribution in [0, 0.1) is 10.1 Å². The van der Waals surface area contributed by atoms with Crippen LogP contribution in [0.3, 0.4) is 0 Å². The fourth-order valence-corrected chi connectivity index (χ4v) is 2.45. The van der Waals surface area contributed by atoms with Crippen molar-refractivity contribution >= 4 is 22.6 Å². The molecule has 0 saturated heterocycles. The number of hydrogen-bond acceptors (Lipinski definition) is 5. The Morgan fingerprint density at radius 3 is 2.62 bits per heavy atom. The number of rotatable bonds is 4. The van der Waals surface area contributed by atoms with Crippen molar-refractivity contribution in [3.63, 3.8) is 0 Å². The molecule has 0 saturated carbocycles. The van der Waals surface area contributed by atoms with Gasteiger partial charge in [0.1, 0.15) is 11.3 Å². The van der Waals surface area contributed by atoms with Crippen LogP contribution in [-0.4, -0.2) is 16.0 Å². The molecule has 7 nitrogen and oxygen atoms in total. The molecule has 7 heteroatoms. The summed E-state index contributed by atoms with van der Waals surface area (Å²) in [6.07, 6.45) is -0.293. The van der Waals surface area contributed by atoms with Crippen LogP contribution in [-0.2, 0) is 11.2 Å². The van der Waals surface area contributed by atoms with Crippen molar-refractivity contribution in [2.24, 2.45) is 0 Å². The summed E-state index contributed by atoms with van der Waals surface area (Å²) in [5.74, 6) is -0.903. The quantitative estimate of drug-likeness (QED) is 0.583. The lowest BCUT2D eigenvalue weighted by molar-refractivity contribution is -0.384. The van der Waals surface area contributed by atoms with Crippen LogP contribution in [0.15, 0.2) is 57.7 Å². The lowest BCUT2D eigenvalue weighted by atomic mass is 10.1. The molecule has 0 atom stereocenters. The standard InChI is InChI=1S/C17H11NO6/c19-14-9-15(10-3-1-5-12(7-10)18(22)23)24-17-11(8-16(20)21)4-2-6-13(14)17/h1-7,9H,8H2,(H,20,21). The smallest absolute Gasteiger partial charge is 0.307 e.